The summed E-state index contributed by atoms with van der Waals surface area (Å²) in [4.78, 5) is 10.0. The van der Waals surface area contributed by atoms with Gasteiger partial charge in [0.25, 0.3) is 0 Å². The molecule has 70 valence electrons. The molecular formula is C9H10FNO2. The van der Waals surface area contributed by atoms with Gasteiger partial charge in [0.2, 0.25) is 0 Å². The molecule has 0 aromatic heterocycles. The van der Waals surface area contributed by atoms with Gasteiger partial charge in [-0.05, 0) is 12.1 Å². The molecule has 0 spiro atoms. The largest absolute Gasteiger partial charge is 0.544 e. The molecular weight excluding hydrogens is 173 g/mol. The molecule has 0 fully saturated rings. The zero-order chi connectivity index (χ0) is 9.68. The number of carbonyl (C=O) groups is 1. The molecule has 3 nitrogen and oxygen atoms in total. The first kappa shape index (κ1) is 9.67. The number of carbonyl (C=O) groups excluding carboxylic acids is 1. The molecule has 0 atom stereocenters. The Morgan fingerprint density at radius 1 is 1.54 bits per heavy atom. The molecule has 0 unspecified atom stereocenters. The van der Waals surface area contributed by atoms with Crippen LogP contribution in [0.1, 0.15) is 5.56 Å². The second kappa shape index (κ2) is 4.57. The van der Waals surface area contributed by atoms with Crippen LogP contribution in [0.5, 0.6) is 0 Å². The van der Waals surface area contributed by atoms with E-state index in [0.29, 0.717) is 6.54 Å². The molecule has 0 aliphatic rings. The minimum Gasteiger partial charge on any atom is -0.544 e. The zero-order valence-corrected chi connectivity index (χ0v) is 7.00. The Hall–Kier alpha value is -1.42. The summed E-state index contributed by atoms with van der Waals surface area (Å²) in [6, 6.07) is 6.07. The lowest BCUT2D eigenvalue weighted by atomic mass is 10.2. The van der Waals surface area contributed by atoms with E-state index in [1.807, 2.05) is 0 Å². The fraction of sp³-hybridized carbons (Fsp3) is 0.222. The first-order valence-electron chi connectivity index (χ1n) is 3.94. The van der Waals surface area contributed by atoms with E-state index in [-0.39, 0.29) is 12.4 Å². The van der Waals surface area contributed by atoms with Crippen LogP contribution in [-0.4, -0.2) is 12.5 Å². The first-order chi connectivity index (χ1) is 6.18. The van der Waals surface area contributed by atoms with Crippen LogP contribution in [-0.2, 0) is 11.3 Å². The number of hydrogen-bond acceptors (Lipinski definition) is 2. The van der Waals surface area contributed by atoms with Gasteiger partial charge in [0.05, 0.1) is 5.97 Å². The number of aliphatic carboxylic acids is 1. The SMILES string of the molecule is O=C([O-])C[NH2+]Cc1cccc(F)c1. The van der Waals surface area contributed by atoms with Gasteiger partial charge in [-0.15, -0.1) is 0 Å². The Morgan fingerprint density at radius 2 is 2.31 bits per heavy atom. The monoisotopic (exact) mass is 183 g/mol. The molecule has 0 bridgehead atoms. The summed E-state index contributed by atoms with van der Waals surface area (Å²) in [5.74, 6) is -1.42. The van der Waals surface area contributed by atoms with E-state index in [2.05, 4.69) is 0 Å². The smallest absolute Gasteiger partial charge is 0.123 e. The maximum absolute atomic E-state index is 12.6. The summed E-state index contributed by atoms with van der Waals surface area (Å²) in [5, 5.41) is 11.6. The Balaban J connectivity index is 2.41. The Bertz CT molecular complexity index is 301. The van der Waals surface area contributed by atoms with Gasteiger partial charge in [-0.1, -0.05) is 12.1 Å². The summed E-state index contributed by atoms with van der Waals surface area (Å²) in [7, 11) is 0. The number of halogens is 1. The van der Waals surface area contributed by atoms with Crippen molar-refractivity contribution in [1.82, 2.24) is 0 Å². The lowest BCUT2D eigenvalue weighted by Crippen LogP contribution is -2.85. The highest BCUT2D eigenvalue weighted by atomic mass is 19.1. The van der Waals surface area contributed by atoms with Crippen LogP contribution in [0.4, 0.5) is 4.39 Å². The van der Waals surface area contributed by atoms with Crippen molar-refractivity contribution in [2.45, 2.75) is 6.54 Å². The Morgan fingerprint density at radius 3 is 2.92 bits per heavy atom. The maximum atomic E-state index is 12.6. The second-order valence-electron chi connectivity index (χ2n) is 2.70. The lowest BCUT2D eigenvalue weighted by molar-refractivity contribution is -0.665. The van der Waals surface area contributed by atoms with E-state index < -0.39 is 5.97 Å². The van der Waals surface area contributed by atoms with Crippen LogP contribution in [0.25, 0.3) is 0 Å². The molecule has 0 heterocycles. The summed E-state index contributed by atoms with van der Waals surface area (Å²) in [6.07, 6.45) is 0. The van der Waals surface area contributed by atoms with E-state index in [1.165, 1.54) is 12.1 Å². The second-order valence-corrected chi connectivity index (χ2v) is 2.70. The fourth-order valence-electron chi connectivity index (χ4n) is 1.02. The quantitative estimate of drug-likeness (QED) is 0.626. The molecule has 0 radical (unpaired) electrons. The van der Waals surface area contributed by atoms with E-state index in [1.54, 1.807) is 17.4 Å². The average molecular weight is 183 g/mol. The molecule has 1 aromatic carbocycles. The van der Waals surface area contributed by atoms with Gasteiger partial charge in [-0.3, -0.25) is 0 Å². The van der Waals surface area contributed by atoms with E-state index >= 15 is 0 Å². The van der Waals surface area contributed by atoms with Gasteiger partial charge in [-0.2, -0.15) is 0 Å². The average Bonchev–Trinajstić information content (AvgIpc) is 2.03. The number of carboxylic acids is 1. The highest BCUT2D eigenvalue weighted by Crippen LogP contribution is 2.00. The van der Waals surface area contributed by atoms with Crippen LogP contribution in [0.2, 0.25) is 0 Å². The highest BCUT2D eigenvalue weighted by molar-refractivity contribution is 5.64. The number of rotatable bonds is 4. The number of hydrogen-bond donors (Lipinski definition) is 1. The molecule has 4 heteroatoms. The van der Waals surface area contributed by atoms with Crippen molar-refractivity contribution in [3.63, 3.8) is 0 Å². The predicted molar refractivity (Wildman–Crippen MR) is 41.9 cm³/mol. The van der Waals surface area contributed by atoms with E-state index in [9.17, 15) is 14.3 Å². The summed E-state index contributed by atoms with van der Waals surface area (Å²) in [6.45, 7) is 0.349. The van der Waals surface area contributed by atoms with Crippen molar-refractivity contribution in [2.24, 2.45) is 0 Å². The van der Waals surface area contributed by atoms with Crippen molar-refractivity contribution in [1.29, 1.82) is 0 Å². The third-order valence-electron chi connectivity index (χ3n) is 1.58. The highest BCUT2D eigenvalue weighted by Gasteiger charge is 1.96. The molecule has 13 heavy (non-hydrogen) atoms. The number of quaternary nitrogens is 1. The van der Waals surface area contributed by atoms with Crippen molar-refractivity contribution in [2.75, 3.05) is 6.54 Å². The third-order valence-corrected chi connectivity index (χ3v) is 1.58. The number of carboxylic acid groups (broad SMARTS) is 1. The summed E-state index contributed by atoms with van der Waals surface area (Å²) in [5.41, 5.74) is 0.765. The normalized spacial score (nSPS) is 9.92. The van der Waals surface area contributed by atoms with E-state index in [0.717, 1.165) is 5.56 Å². The number of nitrogens with two attached hydrogens (primary N) is 1. The van der Waals surface area contributed by atoms with Crippen LogP contribution in [0.15, 0.2) is 24.3 Å². The fourth-order valence-corrected chi connectivity index (χ4v) is 1.02. The van der Waals surface area contributed by atoms with Gasteiger partial charge >= 0.3 is 0 Å². The van der Waals surface area contributed by atoms with Gasteiger partial charge in [0, 0.05) is 5.56 Å². The standard InChI is InChI=1S/C9H10FNO2/c10-8-3-1-2-7(4-8)5-11-6-9(12)13/h1-4,11H,5-6H2,(H,12,13). The molecule has 0 aliphatic carbocycles. The molecule has 0 aliphatic heterocycles. The van der Waals surface area contributed by atoms with Gasteiger partial charge in [-0.25, -0.2) is 4.39 Å². The predicted octanol–water partition coefficient (Wildman–Crippen LogP) is -1.36. The molecule has 0 saturated carbocycles. The van der Waals surface area contributed by atoms with Gasteiger partial charge in [0.15, 0.2) is 0 Å². The van der Waals surface area contributed by atoms with Crippen LogP contribution in [0.3, 0.4) is 0 Å². The lowest BCUT2D eigenvalue weighted by Gasteiger charge is -2.02. The molecule has 1 aromatic rings. The van der Waals surface area contributed by atoms with Crippen molar-refractivity contribution in [3.05, 3.63) is 35.6 Å². The van der Waals surface area contributed by atoms with Crippen LogP contribution in [0, 0.1) is 5.82 Å². The first-order valence-corrected chi connectivity index (χ1v) is 3.94. The molecule has 2 N–H and O–H groups in total. The molecule has 1 rings (SSSR count). The topological polar surface area (TPSA) is 56.7 Å². The van der Waals surface area contributed by atoms with Crippen molar-refractivity contribution < 1.29 is 19.6 Å². The summed E-state index contributed by atoms with van der Waals surface area (Å²) < 4.78 is 12.6. The Kier molecular flexibility index (Phi) is 3.40. The zero-order valence-electron chi connectivity index (χ0n) is 7.00. The molecule has 0 amide bonds. The third kappa shape index (κ3) is 3.66. The van der Waals surface area contributed by atoms with Gasteiger partial charge in [0.1, 0.15) is 18.9 Å². The van der Waals surface area contributed by atoms with Crippen molar-refractivity contribution >= 4 is 5.97 Å². The molecule has 0 saturated heterocycles. The van der Waals surface area contributed by atoms with Crippen LogP contribution < -0.4 is 10.4 Å². The summed E-state index contributed by atoms with van der Waals surface area (Å²) >= 11 is 0. The van der Waals surface area contributed by atoms with Crippen LogP contribution >= 0.6 is 0 Å². The van der Waals surface area contributed by atoms with Crippen molar-refractivity contribution in [3.8, 4) is 0 Å². The number of benzene rings is 1. The Labute approximate surface area is 75.2 Å². The minimum absolute atomic E-state index is 0.101. The minimum atomic E-state index is -1.11. The van der Waals surface area contributed by atoms with Gasteiger partial charge < -0.3 is 15.2 Å². The maximum Gasteiger partial charge on any atom is 0.123 e. The van der Waals surface area contributed by atoms with E-state index in [4.69, 9.17) is 0 Å².